The molecule has 188 valence electrons. The highest BCUT2D eigenvalue weighted by atomic mass is 19.4. The smallest absolute Gasteiger partial charge is 0.417 e. The number of ether oxygens (including phenoxy) is 3. The second-order valence-electron chi connectivity index (χ2n) is 8.72. The first-order chi connectivity index (χ1) is 15.8. The van der Waals surface area contributed by atoms with Crippen LogP contribution in [0.5, 0.6) is 5.75 Å². The molecule has 6 nitrogen and oxygen atoms in total. The molecule has 0 spiro atoms. The summed E-state index contributed by atoms with van der Waals surface area (Å²) in [5.41, 5.74) is -2.56. The number of methoxy groups -OCH3 is 2. The third-order valence-corrected chi connectivity index (χ3v) is 6.78. The zero-order valence-corrected chi connectivity index (χ0v) is 19.7. The Hall–Kier alpha value is -2.53. The molecule has 11 heteroatoms. The number of rotatable bonds is 6. The Kier molecular flexibility index (Phi) is 7.10. The van der Waals surface area contributed by atoms with E-state index in [1.807, 2.05) is 0 Å². The Balaban J connectivity index is 2.28. The van der Waals surface area contributed by atoms with E-state index >= 15 is 0 Å². The van der Waals surface area contributed by atoms with Crippen LogP contribution in [0, 0.1) is 24.5 Å². The average Bonchev–Trinajstić information content (AvgIpc) is 3.02. The normalized spacial score (nSPS) is 26.0. The van der Waals surface area contributed by atoms with E-state index in [1.54, 1.807) is 13.8 Å². The van der Waals surface area contributed by atoms with Crippen LogP contribution in [0.4, 0.5) is 22.0 Å². The van der Waals surface area contributed by atoms with Gasteiger partial charge in [0.05, 0.1) is 13.7 Å². The van der Waals surface area contributed by atoms with Crippen molar-refractivity contribution in [2.75, 3.05) is 20.8 Å². The number of nitrogens with zero attached hydrogens (tertiary/aromatic N) is 2. The van der Waals surface area contributed by atoms with Crippen LogP contribution in [0.25, 0.3) is 0 Å². The molecule has 2 aromatic rings. The summed E-state index contributed by atoms with van der Waals surface area (Å²) in [7, 11) is 2.57. The van der Waals surface area contributed by atoms with Crippen LogP contribution >= 0.6 is 0 Å². The first-order valence-corrected chi connectivity index (χ1v) is 10.6. The number of benzene rings is 1. The fourth-order valence-electron chi connectivity index (χ4n) is 4.74. The Bertz CT molecular complexity index is 1120. The lowest BCUT2D eigenvalue weighted by molar-refractivity contribution is -0.280. The van der Waals surface area contributed by atoms with Gasteiger partial charge in [0.15, 0.2) is 17.2 Å². The van der Waals surface area contributed by atoms with Gasteiger partial charge in [0.1, 0.15) is 12.6 Å². The summed E-state index contributed by atoms with van der Waals surface area (Å²) < 4.78 is 88.2. The molecule has 1 fully saturated rings. The molecule has 1 aromatic heterocycles. The van der Waals surface area contributed by atoms with Crippen molar-refractivity contribution in [3.63, 3.8) is 0 Å². The van der Waals surface area contributed by atoms with Crippen molar-refractivity contribution < 1.29 is 36.2 Å². The monoisotopic (exact) mass is 490 g/mol. The molecule has 0 aliphatic carbocycles. The van der Waals surface area contributed by atoms with Gasteiger partial charge in [-0.3, -0.25) is 4.79 Å². The van der Waals surface area contributed by atoms with Gasteiger partial charge in [-0.05, 0) is 19.9 Å². The van der Waals surface area contributed by atoms with E-state index in [1.165, 1.54) is 24.7 Å². The van der Waals surface area contributed by atoms with Crippen molar-refractivity contribution in [3.05, 3.63) is 57.3 Å². The van der Waals surface area contributed by atoms with Gasteiger partial charge in [0, 0.05) is 41.7 Å². The maximum atomic E-state index is 14.5. The summed E-state index contributed by atoms with van der Waals surface area (Å²) in [6, 6.07) is 2.03. The summed E-state index contributed by atoms with van der Waals surface area (Å²) in [6.45, 7) is 5.73. The first kappa shape index (κ1) is 26.1. The predicted molar refractivity (Wildman–Crippen MR) is 113 cm³/mol. The van der Waals surface area contributed by atoms with Crippen LogP contribution in [0.1, 0.15) is 55.7 Å². The highest BCUT2D eigenvalue weighted by molar-refractivity contribution is 5.41. The van der Waals surface area contributed by atoms with Gasteiger partial charge in [-0.2, -0.15) is 22.5 Å². The van der Waals surface area contributed by atoms with Gasteiger partial charge < -0.3 is 18.8 Å². The van der Waals surface area contributed by atoms with Crippen LogP contribution in [0.3, 0.4) is 0 Å². The highest BCUT2D eigenvalue weighted by Crippen LogP contribution is 2.58. The first-order valence-electron chi connectivity index (χ1n) is 10.6. The van der Waals surface area contributed by atoms with Crippen LogP contribution in [0.2, 0.25) is 0 Å². The van der Waals surface area contributed by atoms with Gasteiger partial charge in [-0.15, -0.1) is 0 Å². The summed E-state index contributed by atoms with van der Waals surface area (Å²) >= 11 is 0. The fraction of sp³-hybridized carbons (Fsp3) is 0.565. The van der Waals surface area contributed by atoms with Gasteiger partial charge >= 0.3 is 6.18 Å². The SMILES string of the molecule is COCC(C)c1c(C)n([C@@H]2O[C@@](C)(C(F)(F)F)[C@@H](C)[C@H]2c2ccc(F)c(F)c2OC)cnc1=O. The molecule has 1 aliphatic heterocycles. The average molecular weight is 490 g/mol. The molecule has 0 saturated carbocycles. The molecule has 1 saturated heterocycles. The molecular weight excluding hydrogens is 463 g/mol. The molecule has 0 amide bonds. The number of aromatic nitrogens is 2. The van der Waals surface area contributed by atoms with Crippen molar-refractivity contribution in [1.29, 1.82) is 0 Å². The highest BCUT2D eigenvalue weighted by Gasteiger charge is 2.65. The van der Waals surface area contributed by atoms with Crippen LogP contribution < -0.4 is 10.3 Å². The minimum absolute atomic E-state index is 0.0106. The zero-order valence-electron chi connectivity index (χ0n) is 19.7. The summed E-state index contributed by atoms with van der Waals surface area (Å²) in [5.74, 6) is -5.77. The number of alkyl halides is 3. The maximum Gasteiger partial charge on any atom is 0.417 e. The maximum absolute atomic E-state index is 14.5. The lowest BCUT2D eigenvalue weighted by Crippen LogP contribution is -2.46. The minimum Gasteiger partial charge on any atom is -0.493 e. The molecule has 0 radical (unpaired) electrons. The number of halogens is 5. The molecule has 3 rings (SSSR count). The van der Waals surface area contributed by atoms with E-state index in [2.05, 4.69) is 4.98 Å². The summed E-state index contributed by atoms with van der Waals surface area (Å²) in [5, 5.41) is 0. The lowest BCUT2D eigenvalue weighted by Gasteiger charge is -2.31. The van der Waals surface area contributed by atoms with Crippen molar-refractivity contribution in [2.24, 2.45) is 5.92 Å². The van der Waals surface area contributed by atoms with Crippen LogP contribution in [-0.4, -0.2) is 42.2 Å². The van der Waals surface area contributed by atoms with Gasteiger partial charge in [0.25, 0.3) is 5.56 Å². The topological polar surface area (TPSA) is 62.6 Å². The van der Waals surface area contributed by atoms with Crippen LogP contribution in [-0.2, 0) is 9.47 Å². The zero-order chi connectivity index (χ0) is 25.6. The van der Waals surface area contributed by atoms with E-state index in [-0.39, 0.29) is 17.7 Å². The second-order valence-corrected chi connectivity index (χ2v) is 8.72. The van der Waals surface area contributed by atoms with Gasteiger partial charge in [-0.25, -0.2) is 4.39 Å². The van der Waals surface area contributed by atoms with Crippen molar-refractivity contribution in [3.8, 4) is 5.75 Å². The van der Waals surface area contributed by atoms with E-state index in [0.717, 1.165) is 26.4 Å². The molecule has 5 atom stereocenters. The quantitative estimate of drug-likeness (QED) is 0.542. The molecule has 0 N–H and O–H groups in total. The van der Waals surface area contributed by atoms with E-state index in [4.69, 9.17) is 14.2 Å². The Morgan fingerprint density at radius 2 is 1.91 bits per heavy atom. The Morgan fingerprint density at radius 3 is 2.47 bits per heavy atom. The molecule has 2 heterocycles. The summed E-state index contributed by atoms with van der Waals surface area (Å²) in [6.07, 6.45) is -5.01. The summed E-state index contributed by atoms with van der Waals surface area (Å²) in [4.78, 5) is 16.3. The molecule has 1 aliphatic rings. The lowest BCUT2D eigenvalue weighted by atomic mass is 9.78. The van der Waals surface area contributed by atoms with Crippen LogP contribution in [0.15, 0.2) is 23.3 Å². The predicted octanol–water partition coefficient (Wildman–Crippen LogP) is 4.86. The van der Waals surface area contributed by atoms with Crippen molar-refractivity contribution in [2.45, 2.75) is 57.5 Å². The van der Waals surface area contributed by atoms with E-state index in [0.29, 0.717) is 5.69 Å². The van der Waals surface area contributed by atoms with E-state index < -0.39 is 58.7 Å². The molecular formula is C23H27F5N2O4. The number of hydrogen-bond donors (Lipinski definition) is 0. The van der Waals surface area contributed by atoms with E-state index in [9.17, 15) is 26.7 Å². The third kappa shape index (κ3) is 4.08. The third-order valence-electron chi connectivity index (χ3n) is 6.78. The van der Waals surface area contributed by atoms with Crippen molar-refractivity contribution >= 4 is 0 Å². The van der Waals surface area contributed by atoms with Crippen molar-refractivity contribution in [1.82, 2.24) is 9.55 Å². The largest absolute Gasteiger partial charge is 0.493 e. The Labute approximate surface area is 193 Å². The molecule has 1 aromatic carbocycles. The molecule has 1 unspecified atom stereocenters. The minimum atomic E-state index is -4.78. The standard InChI is InChI=1S/C23H27F5N2O4/c1-11(9-32-5)16-13(3)30(10-29-20(16)31)21-17(12(2)22(4,34-21)23(26,27)28)14-7-8-15(24)18(25)19(14)33-6/h7-8,10-12,17,21H,9H2,1-6H3/t11?,12-,17-,21+,22+/m0/s1. The van der Waals surface area contributed by atoms with Gasteiger partial charge in [0.2, 0.25) is 5.82 Å². The van der Waals surface area contributed by atoms with Gasteiger partial charge in [-0.1, -0.05) is 19.9 Å². The Morgan fingerprint density at radius 1 is 1.26 bits per heavy atom. The molecule has 0 bridgehead atoms. The fourth-order valence-corrected chi connectivity index (χ4v) is 4.74. The molecule has 34 heavy (non-hydrogen) atoms. The second kappa shape index (κ2) is 9.26. The number of hydrogen-bond acceptors (Lipinski definition) is 5.